The van der Waals surface area contributed by atoms with Crippen LogP contribution in [0.2, 0.25) is 0 Å². The smallest absolute Gasteiger partial charge is 0.126 e. The van der Waals surface area contributed by atoms with Crippen LogP contribution in [-0.2, 0) is 0 Å². The minimum atomic E-state index is -0.576. The van der Waals surface area contributed by atoms with Gasteiger partial charge in [-0.2, -0.15) is 0 Å². The van der Waals surface area contributed by atoms with Crippen molar-refractivity contribution in [3.63, 3.8) is 0 Å². The zero-order chi connectivity index (χ0) is 14.7. The Morgan fingerprint density at radius 2 is 1.80 bits per heavy atom. The molecule has 0 saturated carbocycles. The summed E-state index contributed by atoms with van der Waals surface area (Å²) in [6, 6.07) is 5.16. The largest absolute Gasteiger partial charge is 0.376 e. The summed E-state index contributed by atoms with van der Waals surface area (Å²) in [7, 11) is 3.85. The SMILES string of the molecule is CC(Nc1cnccc1N(C)C)c1cc(F)cc(F)c1. The Bertz CT molecular complexity index is 579. The van der Waals surface area contributed by atoms with Crippen LogP contribution in [0.1, 0.15) is 18.5 Å². The first-order valence-corrected chi connectivity index (χ1v) is 6.31. The third-order valence-corrected chi connectivity index (χ3v) is 3.04. The molecule has 0 aliphatic carbocycles. The van der Waals surface area contributed by atoms with E-state index in [4.69, 9.17) is 0 Å². The van der Waals surface area contributed by atoms with Crippen LogP contribution >= 0.6 is 0 Å². The summed E-state index contributed by atoms with van der Waals surface area (Å²) in [5, 5.41) is 3.23. The number of rotatable bonds is 4. The maximum Gasteiger partial charge on any atom is 0.126 e. The molecule has 1 aromatic carbocycles. The lowest BCUT2D eigenvalue weighted by Gasteiger charge is -2.21. The van der Waals surface area contributed by atoms with Crippen LogP contribution in [0.3, 0.4) is 0 Å². The molecule has 1 N–H and O–H groups in total. The van der Waals surface area contributed by atoms with E-state index in [1.54, 1.807) is 12.4 Å². The van der Waals surface area contributed by atoms with Gasteiger partial charge in [-0.25, -0.2) is 8.78 Å². The molecule has 5 heteroatoms. The van der Waals surface area contributed by atoms with E-state index in [1.807, 2.05) is 32.0 Å². The van der Waals surface area contributed by atoms with E-state index in [0.717, 1.165) is 17.4 Å². The predicted molar refractivity (Wildman–Crippen MR) is 77.0 cm³/mol. The van der Waals surface area contributed by atoms with Crippen molar-refractivity contribution >= 4 is 11.4 Å². The minimum absolute atomic E-state index is 0.233. The first kappa shape index (κ1) is 14.2. The van der Waals surface area contributed by atoms with E-state index >= 15 is 0 Å². The first-order valence-electron chi connectivity index (χ1n) is 6.31. The number of aromatic nitrogens is 1. The third kappa shape index (κ3) is 3.23. The van der Waals surface area contributed by atoms with Gasteiger partial charge in [0.2, 0.25) is 0 Å². The van der Waals surface area contributed by atoms with Gasteiger partial charge in [0.25, 0.3) is 0 Å². The highest BCUT2D eigenvalue weighted by Gasteiger charge is 2.11. The summed E-state index contributed by atoms with van der Waals surface area (Å²) < 4.78 is 26.5. The molecule has 1 aromatic heterocycles. The van der Waals surface area contributed by atoms with Crippen molar-refractivity contribution in [3.8, 4) is 0 Å². The van der Waals surface area contributed by atoms with Crippen LogP contribution in [0.25, 0.3) is 0 Å². The zero-order valence-electron chi connectivity index (χ0n) is 11.7. The molecule has 1 heterocycles. The fourth-order valence-corrected chi connectivity index (χ4v) is 2.03. The van der Waals surface area contributed by atoms with Crippen LogP contribution < -0.4 is 10.2 Å². The molecule has 0 saturated heterocycles. The van der Waals surface area contributed by atoms with Gasteiger partial charge in [0.15, 0.2) is 0 Å². The molecule has 2 rings (SSSR count). The Kier molecular flexibility index (Phi) is 4.17. The molecule has 1 unspecified atom stereocenters. The molecule has 106 valence electrons. The summed E-state index contributed by atoms with van der Waals surface area (Å²) >= 11 is 0. The van der Waals surface area contributed by atoms with Gasteiger partial charge < -0.3 is 10.2 Å². The van der Waals surface area contributed by atoms with Crippen molar-refractivity contribution in [2.75, 3.05) is 24.3 Å². The average Bonchev–Trinajstić information content (AvgIpc) is 2.37. The zero-order valence-corrected chi connectivity index (χ0v) is 11.7. The summed E-state index contributed by atoms with van der Waals surface area (Å²) in [6.45, 7) is 1.85. The maximum absolute atomic E-state index is 13.2. The highest BCUT2D eigenvalue weighted by Crippen LogP contribution is 2.27. The maximum atomic E-state index is 13.2. The van der Waals surface area contributed by atoms with E-state index in [9.17, 15) is 8.78 Å². The van der Waals surface area contributed by atoms with Crippen molar-refractivity contribution < 1.29 is 8.78 Å². The topological polar surface area (TPSA) is 28.2 Å². The summed E-state index contributed by atoms with van der Waals surface area (Å²) in [4.78, 5) is 6.02. The molecule has 2 aromatic rings. The standard InChI is InChI=1S/C15H17F2N3/c1-10(11-6-12(16)8-13(17)7-11)19-14-9-18-5-4-15(14)20(2)3/h4-10,19H,1-3H3. The normalized spacial score (nSPS) is 12.1. The first-order chi connectivity index (χ1) is 9.47. The molecule has 0 bridgehead atoms. The Morgan fingerprint density at radius 3 is 2.40 bits per heavy atom. The van der Waals surface area contributed by atoms with Gasteiger partial charge in [-0.05, 0) is 30.7 Å². The molecule has 1 atom stereocenters. The van der Waals surface area contributed by atoms with Crippen LogP contribution in [0, 0.1) is 11.6 Å². The van der Waals surface area contributed by atoms with E-state index in [1.165, 1.54) is 12.1 Å². The molecular weight excluding hydrogens is 260 g/mol. The Balaban J connectivity index is 2.25. The Hall–Kier alpha value is -2.17. The molecular formula is C15H17F2N3. The second kappa shape index (κ2) is 5.86. The van der Waals surface area contributed by atoms with Crippen LogP contribution in [0.5, 0.6) is 0 Å². The van der Waals surface area contributed by atoms with Gasteiger partial charge in [0.05, 0.1) is 17.6 Å². The lowest BCUT2D eigenvalue weighted by molar-refractivity contribution is 0.577. The highest BCUT2D eigenvalue weighted by atomic mass is 19.1. The monoisotopic (exact) mass is 277 g/mol. The van der Waals surface area contributed by atoms with E-state index < -0.39 is 11.6 Å². The number of nitrogens with zero attached hydrogens (tertiary/aromatic N) is 2. The number of benzene rings is 1. The van der Waals surface area contributed by atoms with Gasteiger partial charge in [0.1, 0.15) is 11.6 Å². The fourth-order valence-electron chi connectivity index (χ4n) is 2.03. The fraction of sp³-hybridized carbons (Fsp3) is 0.267. The van der Waals surface area contributed by atoms with Gasteiger partial charge in [-0.3, -0.25) is 4.98 Å². The molecule has 0 spiro atoms. The van der Waals surface area contributed by atoms with Gasteiger partial charge in [-0.1, -0.05) is 0 Å². The quantitative estimate of drug-likeness (QED) is 0.925. The second-order valence-corrected chi connectivity index (χ2v) is 4.86. The summed E-state index contributed by atoms with van der Waals surface area (Å²) in [6.07, 6.45) is 3.40. The molecule has 0 radical (unpaired) electrons. The number of pyridine rings is 1. The number of hydrogen-bond acceptors (Lipinski definition) is 3. The predicted octanol–water partition coefficient (Wildman–Crippen LogP) is 3.60. The average molecular weight is 277 g/mol. The van der Waals surface area contributed by atoms with Crippen LogP contribution in [0.15, 0.2) is 36.7 Å². The van der Waals surface area contributed by atoms with E-state index in [2.05, 4.69) is 10.3 Å². The number of hydrogen-bond donors (Lipinski definition) is 1. The lowest BCUT2D eigenvalue weighted by atomic mass is 10.1. The van der Waals surface area contributed by atoms with Crippen molar-refractivity contribution in [3.05, 3.63) is 53.9 Å². The lowest BCUT2D eigenvalue weighted by Crippen LogP contribution is -2.14. The Morgan fingerprint density at radius 1 is 1.15 bits per heavy atom. The van der Waals surface area contributed by atoms with Gasteiger partial charge >= 0.3 is 0 Å². The van der Waals surface area contributed by atoms with Crippen LogP contribution in [-0.4, -0.2) is 19.1 Å². The second-order valence-electron chi connectivity index (χ2n) is 4.86. The number of nitrogens with one attached hydrogen (secondary N) is 1. The third-order valence-electron chi connectivity index (χ3n) is 3.04. The highest BCUT2D eigenvalue weighted by molar-refractivity contribution is 5.68. The van der Waals surface area contributed by atoms with E-state index in [-0.39, 0.29) is 6.04 Å². The molecule has 0 fully saturated rings. The molecule has 0 aliphatic rings. The number of halogens is 2. The summed E-state index contributed by atoms with van der Waals surface area (Å²) in [5.74, 6) is -1.15. The van der Waals surface area contributed by atoms with Crippen molar-refractivity contribution in [2.45, 2.75) is 13.0 Å². The number of anilines is 2. The molecule has 0 aliphatic heterocycles. The minimum Gasteiger partial charge on any atom is -0.376 e. The Labute approximate surface area is 117 Å². The molecule has 0 amide bonds. The molecule has 20 heavy (non-hydrogen) atoms. The van der Waals surface area contributed by atoms with Gasteiger partial charge in [-0.15, -0.1) is 0 Å². The van der Waals surface area contributed by atoms with Crippen molar-refractivity contribution in [1.29, 1.82) is 0 Å². The van der Waals surface area contributed by atoms with Crippen molar-refractivity contribution in [1.82, 2.24) is 4.98 Å². The van der Waals surface area contributed by atoms with Crippen molar-refractivity contribution in [2.24, 2.45) is 0 Å². The van der Waals surface area contributed by atoms with Gasteiger partial charge in [0, 0.05) is 32.4 Å². The van der Waals surface area contributed by atoms with Crippen LogP contribution in [0.4, 0.5) is 20.2 Å². The summed E-state index contributed by atoms with van der Waals surface area (Å²) in [5.41, 5.74) is 2.33. The van der Waals surface area contributed by atoms with E-state index in [0.29, 0.717) is 5.56 Å². The molecule has 3 nitrogen and oxygen atoms in total.